The van der Waals surface area contributed by atoms with Gasteiger partial charge in [-0.2, -0.15) is 0 Å². The van der Waals surface area contributed by atoms with Gasteiger partial charge >= 0.3 is 0 Å². The number of hydrogen-bond donors (Lipinski definition) is 0. The van der Waals surface area contributed by atoms with Crippen molar-refractivity contribution in [1.82, 2.24) is 4.81 Å². The molecule has 0 N–H and O–H groups in total. The Bertz CT molecular complexity index is 299. The second-order valence-corrected chi connectivity index (χ2v) is 4.69. The van der Waals surface area contributed by atoms with Crippen LogP contribution < -0.4 is 5.46 Å². The molecule has 2 rings (SSSR count). The Morgan fingerprint density at radius 2 is 2.14 bits per heavy atom. The summed E-state index contributed by atoms with van der Waals surface area (Å²) in [5.74, 6) is 0. The first kappa shape index (κ1) is 10.2. The van der Waals surface area contributed by atoms with E-state index in [9.17, 15) is 0 Å². The minimum atomic E-state index is 0.482. The molecular formula is C10H13BBrNO. The zero-order chi connectivity index (χ0) is 9.97. The lowest BCUT2D eigenvalue weighted by molar-refractivity contribution is 0.367. The summed E-state index contributed by atoms with van der Waals surface area (Å²) in [6, 6.07) is 8.45. The average molecular weight is 254 g/mol. The van der Waals surface area contributed by atoms with Crippen molar-refractivity contribution in [2.24, 2.45) is 0 Å². The van der Waals surface area contributed by atoms with Crippen molar-refractivity contribution in [2.75, 3.05) is 20.2 Å². The van der Waals surface area contributed by atoms with Crippen LogP contribution in [0.5, 0.6) is 0 Å². The molecule has 1 aliphatic rings. The summed E-state index contributed by atoms with van der Waals surface area (Å²) in [5, 5.41) is 0. The highest BCUT2D eigenvalue weighted by Gasteiger charge is 2.23. The monoisotopic (exact) mass is 253 g/mol. The van der Waals surface area contributed by atoms with Gasteiger partial charge in [0.15, 0.2) is 0 Å². The fourth-order valence-electron chi connectivity index (χ4n) is 1.49. The van der Waals surface area contributed by atoms with Crippen LogP contribution in [0.2, 0.25) is 0 Å². The lowest BCUT2D eigenvalue weighted by Crippen LogP contribution is -2.35. The molecular weight excluding hydrogens is 241 g/mol. The summed E-state index contributed by atoms with van der Waals surface area (Å²) in [5.41, 5.74) is 1.34. The van der Waals surface area contributed by atoms with E-state index in [0.29, 0.717) is 6.10 Å². The van der Waals surface area contributed by atoms with Gasteiger partial charge in [0.05, 0.1) is 12.7 Å². The molecule has 4 heteroatoms. The normalized spacial score (nSPS) is 19.8. The van der Waals surface area contributed by atoms with Crippen LogP contribution in [0.15, 0.2) is 28.7 Å². The quantitative estimate of drug-likeness (QED) is 0.582. The van der Waals surface area contributed by atoms with Crippen molar-refractivity contribution in [3.63, 3.8) is 0 Å². The first-order valence-electron chi connectivity index (χ1n) is 4.78. The van der Waals surface area contributed by atoms with Gasteiger partial charge < -0.3 is 9.55 Å². The molecule has 1 aromatic rings. The number of ether oxygens (including phenoxy) is 1. The smallest absolute Gasteiger partial charge is 0.238 e. The molecule has 0 spiro atoms. The molecule has 2 nitrogen and oxygen atoms in total. The van der Waals surface area contributed by atoms with Crippen LogP contribution in [-0.4, -0.2) is 38.5 Å². The molecule has 0 bridgehead atoms. The van der Waals surface area contributed by atoms with E-state index in [0.717, 1.165) is 25.0 Å². The van der Waals surface area contributed by atoms with Crippen LogP contribution in [0.1, 0.15) is 0 Å². The molecule has 1 saturated heterocycles. The van der Waals surface area contributed by atoms with Crippen molar-refractivity contribution >= 4 is 28.8 Å². The first-order valence-corrected chi connectivity index (χ1v) is 5.58. The van der Waals surface area contributed by atoms with Crippen molar-refractivity contribution in [1.29, 1.82) is 0 Å². The Kier molecular flexibility index (Phi) is 3.26. The maximum absolute atomic E-state index is 5.19. The summed E-state index contributed by atoms with van der Waals surface area (Å²) in [4.78, 5) is 2.29. The molecule has 1 heterocycles. The van der Waals surface area contributed by atoms with Gasteiger partial charge in [-0.25, -0.2) is 0 Å². The van der Waals surface area contributed by atoms with Crippen LogP contribution in [0, 0.1) is 0 Å². The molecule has 74 valence electrons. The largest absolute Gasteiger partial charge is 0.372 e. The topological polar surface area (TPSA) is 15.8 Å². The van der Waals surface area contributed by atoms with E-state index in [1.165, 1.54) is 5.46 Å². The Balaban J connectivity index is 1.85. The van der Waals surface area contributed by atoms with Gasteiger partial charge in [-0.05, 0) is 19.2 Å². The highest BCUT2D eigenvalue weighted by atomic mass is 79.9. The lowest BCUT2D eigenvalue weighted by atomic mass is 9.81. The Hall–Kier alpha value is -0.315. The standard InChI is InChI=1S/C10H13BBrNO/c1-13(6-10-7-14-10)11-8-2-4-9(12)5-3-8/h2-5,10-11H,6-7H2,1H3. The summed E-state index contributed by atoms with van der Waals surface area (Å²) in [6.45, 7) is 1.97. The molecule has 1 aliphatic heterocycles. The zero-order valence-electron chi connectivity index (χ0n) is 8.24. The highest BCUT2D eigenvalue weighted by Crippen LogP contribution is 2.09. The Labute approximate surface area is 93.6 Å². The van der Waals surface area contributed by atoms with Crippen molar-refractivity contribution in [3.8, 4) is 0 Å². The first-order chi connectivity index (χ1) is 6.74. The third kappa shape index (κ3) is 3.12. The number of benzene rings is 1. The lowest BCUT2D eigenvalue weighted by Gasteiger charge is -2.13. The van der Waals surface area contributed by atoms with E-state index in [1.54, 1.807) is 0 Å². The molecule has 0 amide bonds. The second-order valence-electron chi connectivity index (χ2n) is 3.78. The molecule has 0 radical (unpaired) electrons. The number of hydrogen-bond acceptors (Lipinski definition) is 2. The summed E-state index contributed by atoms with van der Waals surface area (Å²) < 4.78 is 6.32. The Morgan fingerprint density at radius 3 is 2.71 bits per heavy atom. The minimum Gasteiger partial charge on any atom is -0.372 e. The van der Waals surface area contributed by atoms with E-state index < -0.39 is 0 Å². The third-order valence-electron chi connectivity index (χ3n) is 2.28. The predicted octanol–water partition coefficient (Wildman–Crippen LogP) is 0.756. The SMILES string of the molecule is CN(Bc1ccc(Br)cc1)CC1CO1. The van der Waals surface area contributed by atoms with Crippen molar-refractivity contribution < 1.29 is 4.74 Å². The fraction of sp³-hybridized carbons (Fsp3) is 0.400. The maximum atomic E-state index is 5.19. The third-order valence-corrected chi connectivity index (χ3v) is 2.81. The van der Waals surface area contributed by atoms with Crippen LogP contribution in [-0.2, 0) is 4.74 Å². The van der Waals surface area contributed by atoms with Gasteiger partial charge in [0.1, 0.15) is 0 Å². The molecule has 14 heavy (non-hydrogen) atoms. The van der Waals surface area contributed by atoms with Gasteiger partial charge in [-0.1, -0.05) is 33.5 Å². The van der Waals surface area contributed by atoms with Gasteiger partial charge in [0, 0.05) is 11.0 Å². The predicted molar refractivity (Wildman–Crippen MR) is 63.3 cm³/mol. The number of epoxide rings is 1. The molecule has 1 unspecified atom stereocenters. The van der Waals surface area contributed by atoms with E-state index in [4.69, 9.17) is 4.74 Å². The van der Waals surface area contributed by atoms with Crippen molar-refractivity contribution in [3.05, 3.63) is 28.7 Å². The fourth-order valence-corrected chi connectivity index (χ4v) is 1.75. The Morgan fingerprint density at radius 1 is 1.50 bits per heavy atom. The number of nitrogens with zero attached hydrogens (tertiary/aromatic N) is 1. The number of halogens is 1. The van der Waals surface area contributed by atoms with Crippen LogP contribution in [0.3, 0.4) is 0 Å². The van der Waals surface area contributed by atoms with Gasteiger partial charge in [-0.3, -0.25) is 0 Å². The highest BCUT2D eigenvalue weighted by molar-refractivity contribution is 9.10. The van der Waals surface area contributed by atoms with Gasteiger partial charge in [-0.15, -0.1) is 0 Å². The van der Waals surface area contributed by atoms with Crippen LogP contribution in [0.25, 0.3) is 0 Å². The summed E-state index contributed by atoms with van der Waals surface area (Å²) in [7, 11) is 3.12. The van der Waals surface area contributed by atoms with E-state index in [1.807, 2.05) is 0 Å². The molecule has 1 atom stereocenters. The minimum absolute atomic E-state index is 0.482. The number of likely N-dealkylation sites (N-methyl/N-ethyl adjacent to an activating group) is 1. The van der Waals surface area contributed by atoms with Crippen molar-refractivity contribution in [2.45, 2.75) is 6.10 Å². The molecule has 1 aromatic carbocycles. The maximum Gasteiger partial charge on any atom is 0.238 e. The molecule has 1 fully saturated rings. The zero-order valence-corrected chi connectivity index (χ0v) is 9.83. The van der Waals surface area contributed by atoms with Crippen LogP contribution in [0.4, 0.5) is 0 Å². The summed E-state index contributed by atoms with van der Waals surface area (Å²) >= 11 is 3.43. The van der Waals surface area contributed by atoms with E-state index >= 15 is 0 Å². The molecule has 0 aromatic heterocycles. The average Bonchev–Trinajstić information content (AvgIpc) is 2.93. The molecule has 0 saturated carbocycles. The van der Waals surface area contributed by atoms with E-state index in [-0.39, 0.29) is 0 Å². The van der Waals surface area contributed by atoms with Crippen LogP contribution >= 0.6 is 15.9 Å². The summed E-state index contributed by atoms with van der Waals surface area (Å²) in [6.07, 6.45) is 0.482. The molecule has 0 aliphatic carbocycles. The second kappa shape index (κ2) is 4.47. The van der Waals surface area contributed by atoms with E-state index in [2.05, 4.69) is 52.1 Å². The number of rotatable bonds is 4. The van der Waals surface area contributed by atoms with Gasteiger partial charge in [0.25, 0.3) is 0 Å². The van der Waals surface area contributed by atoms with Gasteiger partial charge in [0.2, 0.25) is 7.41 Å².